The van der Waals surface area contributed by atoms with Crippen LogP contribution in [0.4, 0.5) is 11.4 Å². The Bertz CT molecular complexity index is 597. The molecule has 0 fully saturated rings. The molecular formula is C18H16N2. The van der Waals surface area contributed by atoms with E-state index in [2.05, 4.69) is 70.5 Å². The Morgan fingerprint density at radius 2 is 1.15 bits per heavy atom. The standard InChI is InChI=1S/C18H16N2/c1-3-7-17(8-4-1)20(18-9-5-2-6-10-18)15-16-11-13-19-14-12-16/h1-14H,15H2. The van der Waals surface area contributed by atoms with Crippen molar-refractivity contribution in [2.24, 2.45) is 0 Å². The average molecular weight is 260 g/mol. The van der Waals surface area contributed by atoms with Gasteiger partial charge in [0, 0.05) is 30.3 Å². The van der Waals surface area contributed by atoms with Crippen LogP contribution in [0.3, 0.4) is 0 Å². The molecule has 0 aliphatic carbocycles. The number of hydrogen-bond acceptors (Lipinski definition) is 2. The van der Waals surface area contributed by atoms with Crippen molar-refractivity contribution in [1.82, 2.24) is 4.98 Å². The predicted molar refractivity (Wildman–Crippen MR) is 83.0 cm³/mol. The summed E-state index contributed by atoms with van der Waals surface area (Å²) in [4.78, 5) is 6.38. The molecule has 2 nitrogen and oxygen atoms in total. The van der Waals surface area contributed by atoms with Gasteiger partial charge in [0.05, 0.1) is 0 Å². The summed E-state index contributed by atoms with van der Waals surface area (Å²) in [6.07, 6.45) is 3.67. The Morgan fingerprint density at radius 3 is 1.65 bits per heavy atom. The summed E-state index contributed by atoms with van der Waals surface area (Å²) < 4.78 is 0. The first-order valence-electron chi connectivity index (χ1n) is 6.70. The molecule has 0 radical (unpaired) electrons. The quantitative estimate of drug-likeness (QED) is 0.690. The van der Waals surface area contributed by atoms with Crippen LogP contribution in [0, 0.1) is 0 Å². The number of pyridine rings is 1. The van der Waals surface area contributed by atoms with E-state index in [1.807, 2.05) is 24.5 Å². The van der Waals surface area contributed by atoms with Crippen LogP contribution in [0.25, 0.3) is 0 Å². The molecule has 0 spiro atoms. The molecule has 0 aliphatic rings. The molecule has 3 rings (SSSR count). The highest BCUT2D eigenvalue weighted by Gasteiger charge is 2.09. The van der Waals surface area contributed by atoms with Gasteiger partial charge in [-0.3, -0.25) is 4.98 Å². The van der Waals surface area contributed by atoms with Crippen molar-refractivity contribution in [3.8, 4) is 0 Å². The number of para-hydroxylation sites is 2. The topological polar surface area (TPSA) is 16.1 Å². The van der Waals surface area contributed by atoms with Gasteiger partial charge in [0.2, 0.25) is 0 Å². The Morgan fingerprint density at radius 1 is 0.650 bits per heavy atom. The molecule has 0 aliphatic heterocycles. The summed E-state index contributed by atoms with van der Waals surface area (Å²) in [6.45, 7) is 0.830. The predicted octanol–water partition coefficient (Wildman–Crippen LogP) is 4.42. The highest BCUT2D eigenvalue weighted by atomic mass is 15.1. The van der Waals surface area contributed by atoms with Crippen molar-refractivity contribution in [2.45, 2.75) is 6.54 Å². The van der Waals surface area contributed by atoms with E-state index in [0.717, 1.165) is 6.54 Å². The lowest BCUT2D eigenvalue weighted by molar-refractivity contribution is 0.970. The van der Waals surface area contributed by atoms with Crippen LogP contribution < -0.4 is 4.90 Å². The smallest absolute Gasteiger partial charge is 0.0482 e. The first-order chi connectivity index (χ1) is 9.93. The summed E-state index contributed by atoms with van der Waals surface area (Å²) in [5.74, 6) is 0. The minimum Gasteiger partial charge on any atom is -0.337 e. The van der Waals surface area contributed by atoms with Gasteiger partial charge >= 0.3 is 0 Å². The molecule has 0 unspecified atom stereocenters. The van der Waals surface area contributed by atoms with Gasteiger partial charge in [-0.1, -0.05) is 36.4 Å². The summed E-state index contributed by atoms with van der Waals surface area (Å²) in [7, 11) is 0. The fourth-order valence-corrected chi connectivity index (χ4v) is 2.22. The van der Waals surface area contributed by atoms with Gasteiger partial charge in [-0.25, -0.2) is 0 Å². The number of aromatic nitrogens is 1. The van der Waals surface area contributed by atoms with Gasteiger partial charge in [0.1, 0.15) is 0 Å². The van der Waals surface area contributed by atoms with Crippen LogP contribution in [0.15, 0.2) is 85.2 Å². The molecule has 0 atom stereocenters. The SMILES string of the molecule is c1ccc(N(Cc2ccncc2)c2ccccc2)cc1. The summed E-state index contributed by atoms with van der Waals surface area (Å²) in [5, 5.41) is 0. The van der Waals surface area contributed by atoms with E-state index in [9.17, 15) is 0 Å². The zero-order chi connectivity index (χ0) is 13.6. The second-order valence-corrected chi connectivity index (χ2v) is 4.61. The van der Waals surface area contributed by atoms with Gasteiger partial charge in [-0.15, -0.1) is 0 Å². The fourth-order valence-electron chi connectivity index (χ4n) is 2.22. The maximum atomic E-state index is 4.08. The normalized spacial score (nSPS) is 10.2. The Hall–Kier alpha value is -2.61. The van der Waals surface area contributed by atoms with Crippen LogP contribution >= 0.6 is 0 Å². The lowest BCUT2D eigenvalue weighted by atomic mass is 10.2. The highest BCUT2D eigenvalue weighted by Crippen LogP contribution is 2.26. The van der Waals surface area contributed by atoms with Crippen molar-refractivity contribution in [3.63, 3.8) is 0 Å². The maximum Gasteiger partial charge on any atom is 0.0482 e. The van der Waals surface area contributed by atoms with E-state index in [0.29, 0.717) is 0 Å². The molecule has 0 saturated carbocycles. The first-order valence-corrected chi connectivity index (χ1v) is 6.70. The minimum absolute atomic E-state index is 0.830. The van der Waals surface area contributed by atoms with Crippen molar-refractivity contribution < 1.29 is 0 Å². The van der Waals surface area contributed by atoms with Gasteiger partial charge in [0.25, 0.3) is 0 Å². The molecule has 20 heavy (non-hydrogen) atoms. The Kier molecular flexibility index (Phi) is 3.74. The Balaban J connectivity index is 1.96. The number of anilines is 2. The van der Waals surface area contributed by atoms with Crippen LogP contribution in [0.1, 0.15) is 5.56 Å². The summed E-state index contributed by atoms with van der Waals surface area (Å²) >= 11 is 0. The summed E-state index contributed by atoms with van der Waals surface area (Å²) in [5.41, 5.74) is 3.62. The second-order valence-electron chi connectivity index (χ2n) is 4.61. The van der Waals surface area contributed by atoms with Gasteiger partial charge < -0.3 is 4.90 Å². The van der Waals surface area contributed by atoms with Crippen LogP contribution in [0.2, 0.25) is 0 Å². The molecule has 3 aromatic rings. The van der Waals surface area contributed by atoms with Crippen LogP contribution in [-0.4, -0.2) is 4.98 Å². The number of nitrogens with zero attached hydrogens (tertiary/aromatic N) is 2. The fraction of sp³-hybridized carbons (Fsp3) is 0.0556. The van der Waals surface area contributed by atoms with E-state index in [-0.39, 0.29) is 0 Å². The van der Waals surface area contributed by atoms with E-state index in [1.165, 1.54) is 16.9 Å². The number of benzene rings is 2. The third-order valence-electron chi connectivity index (χ3n) is 3.23. The molecule has 0 N–H and O–H groups in total. The van der Waals surface area contributed by atoms with Crippen molar-refractivity contribution in [3.05, 3.63) is 90.8 Å². The molecule has 2 aromatic carbocycles. The summed E-state index contributed by atoms with van der Waals surface area (Å²) in [6, 6.07) is 25.0. The van der Waals surface area contributed by atoms with Gasteiger partial charge in [-0.05, 0) is 42.0 Å². The van der Waals surface area contributed by atoms with Crippen molar-refractivity contribution in [2.75, 3.05) is 4.90 Å². The van der Waals surface area contributed by atoms with Crippen molar-refractivity contribution in [1.29, 1.82) is 0 Å². The maximum absolute atomic E-state index is 4.08. The van der Waals surface area contributed by atoms with Gasteiger partial charge in [0.15, 0.2) is 0 Å². The van der Waals surface area contributed by atoms with Gasteiger partial charge in [-0.2, -0.15) is 0 Å². The second kappa shape index (κ2) is 6.02. The third kappa shape index (κ3) is 2.86. The van der Waals surface area contributed by atoms with E-state index in [4.69, 9.17) is 0 Å². The molecule has 0 bridgehead atoms. The molecule has 2 heteroatoms. The number of hydrogen-bond donors (Lipinski definition) is 0. The minimum atomic E-state index is 0.830. The molecule has 0 amide bonds. The zero-order valence-electron chi connectivity index (χ0n) is 11.2. The molecule has 98 valence electrons. The Labute approximate surface area is 119 Å². The highest BCUT2D eigenvalue weighted by molar-refractivity contribution is 5.63. The van der Waals surface area contributed by atoms with Crippen LogP contribution in [-0.2, 0) is 6.54 Å². The first kappa shape index (κ1) is 12.4. The molecule has 1 aromatic heterocycles. The largest absolute Gasteiger partial charge is 0.337 e. The lowest BCUT2D eigenvalue weighted by Crippen LogP contribution is -2.16. The van der Waals surface area contributed by atoms with Crippen LogP contribution in [0.5, 0.6) is 0 Å². The van der Waals surface area contributed by atoms with E-state index in [1.54, 1.807) is 0 Å². The van der Waals surface area contributed by atoms with E-state index >= 15 is 0 Å². The zero-order valence-corrected chi connectivity index (χ0v) is 11.2. The molecule has 1 heterocycles. The van der Waals surface area contributed by atoms with E-state index < -0.39 is 0 Å². The monoisotopic (exact) mass is 260 g/mol. The number of rotatable bonds is 4. The molecular weight excluding hydrogens is 244 g/mol. The third-order valence-corrected chi connectivity index (χ3v) is 3.23. The molecule has 0 saturated heterocycles. The van der Waals surface area contributed by atoms with Crippen molar-refractivity contribution >= 4 is 11.4 Å². The lowest BCUT2D eigenvalue weighted by Gasteiger charge is -2.25. The average Bonchev–Trinajstić information content (AvgIpc) is 2.55.